The molecule has 4 heteroatoms. The van der Waals surface area contributed by atoms with E-state index in [2.05, 4.69) is 0 Å². The average molecular weight is 195 g/mol. The maximum Gasteiger partial charge on any atom is 0.282 e. The highest BCUT2D eigenvalue weighted by Gasteiger charge is 2.27. The second-order valence-corrected chi connectivity index (χ2v) is 3.81. The van der Waals surface area contributed by atoms with Crippen molar-refractivity contribution >= 4 is 0 Å². The average Bonchev–Trinajstić information content (AvgIpc) is 2.00. The van der Waals surface area contributed by atoms with Gasteiger partial charge in [-0.3, -0.25) is 0 Å². The predicted octanol–water partition coefficient (Wildman–Crippen LogP) is 2.03. The molecule has 1 unspecified atom stereocenters. The third-order valence-corrected chi connectivity index (χ3v) is 1.68. The normalized spacial score (nSPS) is 15.0. The van der Waals surface area contributed by atoms with Gasteiger partial charge in [-0.25, -0.2) is 8.78 Å². The first-order valence-electron chi connectivity index (χ1n) is 4.57. The van der Waals surface area contributed by atoms with E-state index in [1.54, 1.807) is 6.92 Å². The highest BCUT2D eigenvalue weighted by Crippen LogP contribution is 2.14. The molecule has 13 heavy (non-hydrogen) atoms. The number of halogens is 2. The third-order valence-electron chi connectivity index (χ3n) is 1.68. The first-order chi connectivity index (χ1) is 5.87. The molecular weight excluding hydrogens is 176 g/mol. The summed E-state index contributed by atoms with van der Waals surface area (Å²) in [6, 6.07) is 0. The van der Waals surface area contributed by atoms with E-state index in [0.29, 0.717) is 5.92 Å². The fourth-order valence-electron chi connectivity index (χ4n) is 1.06. The Bertz CT molecular complexity index is 140. The van der Waals surface area contributed by atoms with Crippen LogP contribution in [-0.2, 0) is 4.74 Å². The largest absolute Gasteiger partial charge is 0.372 e. The predicted molar refractivity (Wildman–Crippen MR) is 48.9 cm³/mol. The zero-order chi connectivity index (χ0) is 10.5. The highest BCUT2D eigenvalue weighted by molar-refractivity contribution is 4.66. The zero-order valence-electron chi connectivity index (χ0n) is 8.52. The molecule has 0 aromatic rings. The van der Waals surface area contributed by atoms with Crippen LogP contribution in [-0.4, -0.2) is 25.2 Å². The molecule has 2 nitrogen and oxygen atoms in total. The van der Waals surface area contributed by atoms with E-state index in [0.717, 1.165) is 6.42 Å². The molecule has 0 aromatic heterocycles. The molecule has 0 amide bonds. The fraction of sp³-hybridized carbons (Fsp3) is 1.00. The van der Waals surface area contributed by atoms with E-state index < -0.39 is 19.1 Å². The van der Waals surface area contributed by atoms with Crippen molar-refractivity contribution in [2.24, 2.45) is 11.7 Å². The van der Waals surface area contributed by atoms with E-state index in [9.17, 15) is 8.78 Å². The van der Waals surface area contributed by atoms with E-state index in [1.165, 1.54) is 0 Å². The van der Waals surface area contributed by atoms with E-state index in [4.69, 9.17) is 10.5 Å². The summed E-state index contributed by atoms with van der Waals surface area (Å²) in [6.07, 6.45) is 0.665. The number of rotatable bonds is 6. The van der Waals surface area contributed by atoms with Crippen molar-refractivity contribution in [3.8, 4) is 0 Å². The van der Waals surface area contributed by atoms with Gasteiger partial charge in [-0.1, -0.05) is 13.8 Å². The van der Waals surface area contributed by atoms with Crippen molar-refractivity contribution in [2.45, 2.75) is 39.2 Å². The summed E-state index contributed by atoms with van der Waals surface area (Å²) >= 11 is 0. The minimum Gasteiger partial charge on any atom is -0.372 e. The fourth-order valence-corrected chi connectivity index (χ4v) is 1.06. The maximum absolute atomic E-state index is 12.6. The number of ether oxygens (including phenoxy) is 1. The summed E-state index contributed by atoms with van der Waals surface area (Å²) in [5.41, 5.74) is 4.86. The van der Waals surface area contributed by atoms with Gasteiger partial charge in [0.2, 0.25) is 0 Å². The maximum atomic E-state index is 12.6. The Morgan fingerprint density at radius 2 is 1.85 bits per heavy atom. The molecule has 0 spiro atoms. The van der Waals surface area contributed by atoms with Crippen molar-refractivity contribution in [3.63, 3.8) is 0 Å². The van der Waals surface area contributed by atoms with Gasteiger partial charge in [-0.05, 0) is 19.3 Å². The SMILES string of the molecule is CC(C)CC(C)OCC(F)(F)CN. The van der Waals surface area contributed by atoms with E-state index in [1.807, 2.05) is 13.8 Å². The summed E-state index contributed by atoms with van der Waals surface area (Å²) in [4.78, 5) is 0. The Morgan fingerprint density at radius 1 is 1.31 bits per heavy atom. The molecule has 0 aliphatic heterocycles. The lowest BCUT2D eigenvalue weighted by molar-refractivity contribution is -0.0921. The van der Waals surface area contributed by atoms with Crippen LogP contribution in [0.5, 0.6) is 0 Å². The smallest absolute Gasteiger partial charge is 0.282 e. The lowest BCUT2D eigenvalue weighted by atomic mass is 10.1. The summed E-state index contributed by atoms with van der Waals surface area (Å²) in [7, 11) is 0. The molecule has 0 rings (SSSR count). The minimum atomic E-state index is -2.88. The molecule has 2 N–H and O–H groups in total. The van der Waals surface area contributed by atoms with Crippen LogP contribution in [0.3, 0.4) is 0 Å². The topological polar surface area (TPSA) is 35.2 Å². The Labute approximate surface area is 78.4 Å². The highest BCUT2D eigenvalue weighted by atomic mass is 19.3. The van der Waals surface area contributed by atoms with Gasteiger partial charge in [0.25, 0.3) is 5.92 Å². The van der Waals surface area contributed by atoms with Crippen LogP contribution < -0.4 is 5.73 Å². The van der Waals surface area contributed by atoms with E-state index in [-0.39, 0.29) is 6.10 Å². The Morgan fingerprint density at radius 3 is 2.23 bits per heavy atom. The molecule has 0 bridgehead atoms. The Kier molecular flexibility index (Phi) is 5.40. The van der Waals surface area contributed by atoms with Crippen LogP contribution in [0.25, 0.3) is 0 Å². The summed E-state index contributed by atoms with van der Waals surface area (Å²) in [5.74, 6) is -2.42. The molecule has 0 saturated heterocycles. The quantitative estimate of drug-likeness (QED) is 0.703. The number of hydrogen-bond donors (Lipinski definition) is 1. The van der Waals surface area contributed by atoms with Gasteiger partial charge in [0.1, 0.15) is 6.61 Å². The van der Waals surface area contributed by atoms with Gasteiger partial charge >= 0.3 is 0 Å². The summed E-state index contributed by atoms with van der Waals surface area (Å²) in [5, 5.41) is 0. The lowest BCUT2D eigenvalue weighted by Crippen LogP contribution is -2.34. The van der Waals surface area contributed by atoms with Crippen molar-refractivity contribution in [2.75, 3.05) is 13.2 Å². The standard InChI is InChI=1S/C9H19F2NO/c1-7(2)4-8(3)13-6-9(10,11)5-12/h7-8H,4-6,12H2,1-3H3. The van der Waals surface area contributed by atoms with Crippen molar-refractivity contribution in [1.82, 2.24) is 0 Å². The second kappa shape index (κ2) is 5.50. The third kappa shape index (κ3) is 6.90. The van der Waals surface area contributed by atoms with E-state index >= 15 is 0 Å². The monoisotopic (exact) mass is 195 g/mol. The van der Waals surface area contributed by atoms with Gasteiger partial charge < -0.3 is 10.5 Å². The molecule has 0 aliphatic rings. The van der Waals surface area contributed by atoms with Gasteiger partial charge in [0, 0.05) is 0 Å². The summed E-state index contributed by atoms with van der Waals surface area (Å²) in [6.45, 7) is 4.63. The molecule has 0 aromatic carbocycles. The van der Waals surface area contributed by atoms with Gasteiger partial charge in [0.05, 0.1) is 12.6 Å². The van der Waals surface area contributed by atoms with Crippen LogP contribution in [0, 0.1) is 5.92 Å². The number of nitrogens with two attached hydrogens (primary N) is 1. The van der Waals surface area contributed by atoms with Crippen LogP contribution in [0.4, 0.5) is 8.78 Å². The zero-order valence-corrected chi connectivity index (χ0v) is 8.52. The molecule has 0 heterocycles. The second-order valence-electron chi connectivity index (χ2n) is 3.81. The number of hydrogen-bond acceptors (Lipinski definition) is 2. The van der Waals surface area contributed by atoms with Crippen LogP contribution in [0.1, 0.15) is 27.2 Å². The molecule has 0 aliphatic carbocycles. The molecule has 0 saturated carbocycles. The first-order valence-corrected chi connectivity index (χ1v) is 4.57. The first kappa shape index (κ1) is 12.8. The molecule has 0 fully saturated rings. The van der Waals surface area contributed by atoms with Crippen molar-refractivity contribution < 1.29 is 13.5 Å². The van der Waals surface area contributed by atoms with Gasteiger partial charge in [-0.2, -0.15) is 0 Å². The van der Waals surface area contributed by atoms with Crippen molar-refractivity contribution in [3.05, 3.63) is 0 Å². The Balaban J connectivity index is 3.63. The van der Waals surface area contributed by atoms with Gasteiger partial charge in [0.15, 0.2) is 0 Å². The lowest BCUT2D eigenvalue weighted by Gasteiger charge is -2.19. The molecule has 1 atom stereocenters. The van der Waals surface area contributed by atoms with Crippen LogP contribution in [0.15, 0.2) is 0 Å². The molecular formula is C9H19F2NO. The Hall–Kier alpha value is -0.220. The van der Waals surface area contributed by atoms with Crippen LogP contribution in [0.2, 0.25) is 0 Å². The molecule has 80 valence electrons. The van der Waals surface area contributed by atoms with Crippen LogP contribution >= 0.6 is 0 Å². The minimum absolute atomic E-state index is 0.127. The summed E-state index contributed by atoms with van der Waals surface area (Å²) < 4.78 is 30.2. The van der Waals surface area contributed by atoms with Gasteiger partial charge in [-0.15, -0.1) is 0 Å². The molecule has 0 radical (unpaired) electrons. The number of alkyl halides is 2. The van der Waals surface area contributed by atoms with Crippen molar-refractivity contribution in [1.29, 1.82) is 0 Å².